The van der Waals surface area contributed by atoms with Crippen molar-refractivity contribution in [2.45, 2.75) is 33.6 Å². The normalized spacial score (nSPS) is 19.7. The van der Waals surface area contributed by atoms with Gasteiger partial charge in [-0.3, -0.25) is 9.59 Å². The van der Waals surface area contributed by atoms with Crippen molar-refractivity contribution >= 4 is 34.6 Å². The van der Waals surface area contributed by atoms with E-state index in [0.29, 0.717) is 34.3 Å². The minimum atomic E-state index is -0.703. The molecule has 8 nitrogen and oxygen atoms in total. The summed E-state index contributed by atoms with van der Waals surface area (Å²) >= 11 is 0. The molecule has 2 heterocycles. The summed E-state index contributed by atoms with van der Waals surface area (Å²) in [5.41, 5.74) is 5.49. The van der Waals surface area contributed by atoms with Crippen LogP contribution in [0.1, 0.15) is 36.5 Å². The molecule has 39 heavy (non-hydrogen) atoms. The molecule has 0 aromatic heterocycles. The standard InChI is InChI=1S/C31H32N4O4/c1-18-7-11-22(12-8-18)34-30(36)27(20(3)32-34)29(25-16-15-24(38-5)17-26(25)39-6)28-21(4)33-35(31(28)37)23-13-9-19(2)10-14-23/h7-17,27-29H,1-6H3. The van der Waals surface area contributed by atoms with Gasteiger partial charge in [-0.05, 0) is 63.6 Å². The minimum absolute atomic E-state index is 0.200. The minimum Gasteiger partial charge on any atom is -0.497 e. The first-order valence-corrected chi connectivity index (χ1v) is 12.9. The fourth-order valence-corrected chi connectivity index (χ4v) is 5.37. The number of benzene rings is 3. The van der Waals surface area contributed by atoms with Crippen LogP contribution in [0.25, 0.3) is 0 Å². The molecule has 200 valence electrons. The maximum Gasteiger partial charge on any atom is 0.256 e. The molecule has 8 heteroatoms. The van der Waals surface area contributed by atoms with E-state index in [1.165, 1.54) is 10.0 Å². The molecule has 2 aliphatic rings. The van der Waals surface area contributed by atoms with Crippen LogP contribution in [0.4, 0.5) is 11.4 Å². The highest BCUT2D eigenvalue weighted by molar-refractivity contribution is 6.19. The van der Waals surface area contributed by atoms with E-state index < -0.39 is 17.8 Å². The maximum atomic E-state index is 14.1. The summed E-state index contributed by atoms with van der Waals surface area (Å²) in [6, 6.07) is 20.8. The van der Waals surface area contributed by atoms with E-state index in [-0.39, 0.29) is 11.8 Å². The molecule has 0 spiro atoms. The van der Waals surface area contributed by atoms with E-state index in [0.717, 1.165) is 16.7 Å². The van der Waals surface area contributed by atoms with Crippen LogP contribution >= 0.6 is 0 Å². The molecule has 2 aliphatic heterocycles. The average Bonchev–Trinajstić information content (AvgIpc) is 3.40. The molecule has 0 N–H and O–H groups in total. The highest BCUT2D eigenvalue weighted by Gasteiger charge is 2.50. The lowest BCUT2D eigenvalue weighted by Gasteiger charge is -2.30. The van der Waals surface area contributed by atoms with Gasteiger partial charge >= 0.3 is 0 Å². The van der Waals surface area contributed by atoms with Gasteiger partial charge in [0, 0.05) is 23.4 Å². The van der Waals surface area contributed by atoms with Crippen molar-refractivity contribution in [3.63, 3.8) is 0 Å². The number of methoxy groups -OCH3 is 2. The topological polar surface area (TPSA) is 83.8 Å². The van der Waals surface area contributed by atoms with Crippen molar-refractivity contribution < 1.29 is 19.1 Å². The number of hydrogen-bond donors (Lipinski definition) is 0. The quantitative estimate of drug-likeness (QED) is 0.410. The van der Waals surface area contributed by atoms with E-state index in [4.69, 9.17) is 9.47 Å². The zero-order valence-corrected chi connectivity index (χ0v) is 23.0. The van der Waals surface area contributed by atoms with Crippen LogP contribution in [0.15, 0.2) is 76.9 Å². The Morgan fingerprint density at radius 1 is 0.667 bits per heavy atom. The van der Waals surface area contributed by atoms with Gasteiger partial charge in [-0.15, -0.1) is 0 Å². The van der Waals surface area contributed by atoms with Gasteiger partial charge in [0.2, 0.25) is 0 Å². The summed E-state index contributed by atoms with van der Waals surface area (Å²) in [7, 11) is 3.15. The Labute approximate surface area is 228 Å². The molecule has 0 aliphatic carbocycles. The molecule has 0 saturated heterocycles. The molecule has 3 aromatic carbocycles. The number of carbonyl (C=O) groups excluding carboxylic acids is 2. The fraction of sp³-hybridized carbons (Fsp3) is 0.290. The van der Waals surface area contributed by atoms with E-state index in [2.05, 4.69) is 10.2 Å². The number of hydrogen-bond acceptors (Lipinski definition) is 6. The lowest BCUT2D eigenvalue weighted by molar-refractivity contribution is -0.122. The Balaban J connectivity index is 1.61. The molecule has 0 fully saturated rings. The van der Waals surface area contributed by atoms with Gasteiger partial charge in [0.05, 0.1) is 37.4 Å². The first kappa shape index (κ1) is 26.2. The summed E-state index contributed by atoms with van der Waals surface area (Å²) in [5.74, 6) is -1.27. The second-order valence-electron chi connectivity index (χ2n) is 10.0. The summed E-state index contributed by atoms with van der Waals surface area (Å²) < 4.78 is 11.2. The van der Waals surface area contributed by atoms with E-state index in [1.54, 1.807) is 20.3 Å². The summed E-state index contributed by atoms with van der Waals surface area (Å²) in [6.07, 6.45) is 0. The van der Waals surface area contributed by atoms with Crippen molar-refractivity contribution in [3.05, 3.63) is 83.4 Å². The third kappa shape index (κ3) is 4.67. The van der Waals surface area contributed by atoms with Gasteiger partial charge in [-0.2, -0.15) is 10.2 Å². The monoisotopic (exact) mass is 524 g/mol. The molecule has 2 atom stereocenters. The number of hydrazone groups is 2. The number of aryl methyl sites for hydroxylation is 2. The van der Waals surface area contributed by atoms with E-state index in [9.17, 15) is 9.59 Å². The molecule has 0 radical (unpaired) electrons. The summed E-state index contributed by atoms with van der Waals surface area (Å²) in [6.45, 7) is 7.66. The predicted octanol–water partition coefficient (Wildman–Crippen LogP) is 5.48. The lowest BCUT2D eigenvalue weighted by Crippen LogP contribution is -2.40. The van der Waals surface area contributed by atoms with Crippen molar-refractivity contribution in [1.82, 2.24) is 0 Å². The maximum absolute atomic E-state index is 14.1. The van der Waals surface area contributed by atoms with Gasteiger partial charge in [0.25, 0.3) is 11.8 Å². The first-order chi connectivity index (χ1) is 18.7. The molecule has 3 aromatic rings. The van der Waals surface area contributed by atoms with Gasteiger partial charge in [-0.25, -0.2) is 10.0 Å². The largest absolute Gasteiger partial charge is 0.497 e. The Bertz CT molecular complexity index is 1390. The van der Waals surface area contributed by atoms with Crippen LogP contribution in [0, 0.1) is 25.7 Å². The SMILES string of the molecule is COc1ccc(C(C2C(=O)N(c3ccc(C)cc3)N=C2C)C2C(=O)N(c3ccc(C)cc3)N=C2C)c(OC)c1. The summed E-state index contributed by atoms with van der Waals surface area (Å²) in [5, 5.41) is 12.2. The van der Waals surface area contributed by atoms with Crippen LogP contribution in [-0.4, -0.2) is 37.5 Å². The molecular weight excluding hydrogens is 492 g/mol. The second-order valence-corrected chi connectivity index (χ2v) is 10.0. The summed E-state index contributed by atoms with van der Waals surface area (Å²) in [4.78, 5) is 28.2. The number of rotatable bonds is 7. The van der Waals surface area contributed by atoms with E-state index in [1.807, 2.05) is 88.4 Å². The van der Waals surface area contributed by atoms with Crippen molar-refractivity contribution in [2.24, 2.45) is 22.0 Å². The van der Waals surface area contributed by atoms with Gasteiger partial charge in [-0.1, -0.05) is 41.5 Å². The number of anilines is 2. The van der Waals surface area contributed by atoms with E-state index >= 15 is 0 Å². The third-order valence-electron chi connectivity index (χ3n) is 7.44. The van der Waals surface area contributed by atoms with Crippen molar-refractivity contribution in [2.75, 3.05) is 24.2 Å². The molecule has 0 bridgehead atoms. The van der Waals surface area contributed by atoms with Gasteiger partial charge < -0.3 is 9.47 Å². The number of amides is 2. The Kier molecular flexibility index (Phi) is 6.95. The third-order valence-corrected chi connectivity index (χ3v) is 7.44. The number of carbonyl (C=O) groups is 2. The van der Waals surface area contributed by atoms with Crippen molar-refractivity contribution in [3.8, 4) is 11.5 Å². The van der Waals surface area contributed by atoms with Crippen LogP contribution in [0.2, 0.25) is 0 Å². The zero-order valence-electron chi connectivity index (χ0n) is 23.0. The molecule has 0 saturated carbocycles. The van der Waals surface area contributed by atoms with Crippen LogP contribution in [-0.2, 0) is 9.59 Å². The molecule has 2 amide bonds. The molecule has 2 unspecified atom stereocenters. The predicted molar refractivity (Wildman–Crippen MR) is 153 cm³/mol. The average molecular weight is 525 g/mol. The molecule has 5 rings (SSSR count). The Morgan fingerprint density at radius 2 is 1.13 bits per heavy atom. The Hall–Kier alpha value is -4.46. The highest BCUT2D eigenvalue weighted by Crippen LogP contribution is 2.46. The zero-order chi connectivity index (χ0) is 27.8. The van der Waals surface area contributed by atoms with Crippen LogP contribution in [0.5, 0.6) is 11.5 Å². The smallest absolute Gasteiger partial charge is 0.256 e. The van der Waals surface area contributed by atoms with Gasteiger partial charge in [0.1, 0.15) is 11.5 Å². The molecular formula is C31H32N4O4. The first-order valence-electron chi connectivity index (χ1n) is 12.9. The van der Waals surface area contributed by atoms with Gasteiger partial charge in [0.15, 0.2) is 0 Å². The van der Waals surface area contributed by atoms with Crippen molar-refractivity contribution in [1.29, 1.82) is 0 Å². The lowest BCUT2D eigenvalue weighted by atomic mass is 9.72. The highest BCUT2D eigenvalue weighted by atomic mass is 16.5. The van der Waals surface area contributed by atoms with Crippen LogP contribution < -0.4 is 19.5 Å². The second kappa shape index (κ2) is 10.4. The number of nitrogens with zero attached hydrogens (tertiary/aromatic N) is 4. The van der Waals surface area contributed by atoms with Crippen LogP contribution in [0.3, 0.4) is 0 Å². The fourth-order valence-electron chi connectivity index (χ4n) is 5.37. The Morgan fingerprint density at radius 3 is 1.54 bits per heavy atom. The number of ether oxygens (including phenoxy) is 2.